The van der Waals surface area contributed by atoms with E-state index in [2.05, 4.69) is 28.1 Å². The van der Waals surface area contributed by atoms with Crippen LogP contribution in [0.4, 0.5) is 0 Å². The van der Waals surface area contributed by atoms with Crippen molar-refractivity contribution in [3.8, 4) is 0 Å². The molecular formula is C15H14BrNO. The van der Waals surface area contributed by atoms with Gasteiger partial charge in [0, 0.05) is 10.0 Å². The van der Waals surface area contributed by atoms with E-state index in [1.807, 2.05) is 31.2 Å². The second kappa shape index (κ2) is 5.36. The van der Waals surface area contributed by atoms with Gasteiger partial charge in [0.05, 0.1) is 0 Å². The van der Waals surface area contributed by atoms with E-state index in [1.165, 1.54) is 5.56 Å². The summed E-state index contributed by atoms with van der Waals surface area (Å²) in [6.45, 7) is 1.93. The van der Waals surface area contributed by atoms with Crippen molar-refractivity contribution in [2.24, 2.45) is 5.73 Å². The van der Waals surface area contributed by atoms with Gasteiger partial charge in [-0.25, -0.2) is 0 Å². The van der Waals surface area contributed by atoms with Crippen LogP contribution < -0.4 is 5.73 Å². The Morgan fingerprint density at radius 2 is 1.83 bits per heavy atom. The Kier molecular flexibility index (Phi) is 3.82. The molecule has 18 heavy (non-hydrogen) atoms. The first-order valence-corrected chi connectivity index (χ1v) is 6.50. The molecule has 0 bridgehead atoms. The molecule has 0 radical (unpaired) electrons. The summed E-state index contributed by atoms with van der Waals surface area (Å²) >= 11 is 3.54. The Balaban J connectivity index is 2.44. The second-order valence-corrected chi connectivity index (χ2v) is 5.08. The van der Waals surface area contributed by atoms with Gasteiger partial charge in [-0.15, -0.1) is 0 Å². The van der Waals surface area contributed by atoms with Gasteiger partial charge in [-0.1, -0.05) is 46.3 Å². The SMILES string of the molecule is Cc1c(C(N)=O)ccc(Br)c1Cc1ccccc1. The van der Waals surface area contributed by atoms with Crippen molar-refractivity contribution >= 4 is 21.8 Å². The third-order valence-electron chi connectivity index (χ3n) is 3.03. The van der Waals surface area contributed by atoms with Crippen LogP contribution in [0.3, 0.4) is 0 Å². The summed E-state index contributed by atoms with van der Waals surface area (Å²) in [5.41, 5.74) is 9.22. The third-order valence-corrected chi connectivity index (χ3v) is 3.77. The lowest BCUT2D eigenvalue weighted by molar-refractivity contribution is 0.0999. The van der Waals surface area contributed by atoms with Crippen LogP contribution in [0.25, 0.3) is 0 Å². The minimum Gasteiger partial charge on any atom is -0.366 e. The molecule has 0 spiro atoms. The molecule has 2 N–H and O–H groups in total. The van der Waals surface area contributed by atoms with Crippen LogP contribution in [0.1, 0.15) is 27.0 Å². The fourth-order valence-corrected chi connectivity index (χ4v) is 2.58. The summed E-state index contributed by atoms with van der Waals surface area (Å²) in [4.78, 5) is 11.3. The van der Waals surface area contributed by atoms with Crippen LogP contribution in [0, 0.1) is 6.92 Å². The summed E-state index contributed by atoms with van der Waals surface area (Å²) in [5, 5.41) is 0. The minimum atomic E-state index is -0.380. The van der Waals surface area contributed by atoms with Crippen molar-refractivity contribution in [1.82, 2.24) is 0 Å². The van der Waals surface area contributed by atoms with Crippen molar-refractivity contribution in [2.45, 2.75) is 13.3 Å². The largest absolute Gasteiger partial charge is 0.366 e. The molecule has 0 atom stereocenters. The molecule has 92 valence electrons. The van der Waals surface area contributed by atoms with Gasteiger partial charge in [0.25, 0.3) is 0 Å². The Bertz CT molecular complexity index is 579. The molecule has 0 unspecified atom stereocenters. The van der Waals surface area contributed by atoms with Crippen LogP contribution >= 0.6 is 15.9 Å². The lowest BCUT2D eigenvalue weighted by Gasteiger charge is -2.12. The predicted molar refractivity (Wildman–Crippen MR) is 76.6 cm³/mol. The molecule has 0 saturated heterocycles. The van der Waals surface area contributed by atoms with Crippen LogP contribution in [0.15, 0.2) is 46.9 Å². The highest BCUT2D eigenvalue weighted by atomic mass is 79.9. The topological polar surface area (TPSA) is 43.1 Å². The number of benzene rings is 2. The zero-order chi connectivity index (χ0) is 13.1. The molecule has 0 aliphatic rings. The molecule has 0 aliphatic carbocycles. The predicted octanol–water partition coefficient (Wildman–Crippen LogP) is 3.45. The second-order valence-electron chi connectivity index (χ2n) is 4.23. The summed E-state index contributed by atoms with van der Waals surface area (Å²) < 4.78 is 1.01. The van der Waals surface area contributed by atoms with Gasteiger partial charge in [-0.3, -0.25) is 4.79 Å². The van der Waals surface area contributed by atoms with E-state index < -0.39 is 0 Å². The lowest BCUT2D eigenvalue weighted by atomic mass is 9.96. The number of hydrogen-bond acceptors (Lipinski definition) is 1. The molecule has 2 nitrogen and oxygen atoms in total. The first-order valence-electron chi connectivity index (χ1n) is 5.71. The molecule has 2 aromatic rings. The van der Waals surface area contributed by atoms with Crippen LogP contribution in [0.5, 0.6) is 0 Å². The molecule has 0 aromatic heterocycles. The van der Waals surface area contributed by atoms with Crippen molar-refractivity contribution in [3.05, 3.63) is 69.2 Å². The van der Waals surface area contributed by atoms with Gasteiger partial charge in [-0.05, 0) is 42.2 Å². The third kappa shape index (κ3) is 2.62. The van der Waals surface area contributed by atoms with E-state index in [9.17, 15) is 4.79 Å². The standard InChI is InChI=1S/C15H14BrNO/c1-10-12(15(17)18)7-8-14(16)13(10)9-11-5-3-2-4-6-11/h2-8H,9H2,1H3,(H2,17,18). The summed E-state index contributed by atoms with van der Waals surface area (Å²) in [7, 11) is 0. The molecule has 2 rings (SSSR count). The quantitative estimate of drug-likeness (QED) is 0.927. The zero-order valence-corrected chi connectivity index (χ0v) is 11.7. The van der Waals surface area contributed by atoms with Crippen molar-refractivity contribution in [3.63, 3.8) is 0 Å². The number of amides is 1. The van der Waals surface area contributed by atoms with Gasteiger partial charge >= 0.3 is 0 Å². The first-order chi connectivity index (χ1) is 8.59. The summed E-state index contributed by atoms with van der Waals surface area (Å²) in [5.74, 6) is -0.380. The Labute approximate surface area is 115 Å². The maximum atomic E-state index is 11.3. The monoisotopic (exact) mass is 303 g/mol. The number of carbonyl (C=O) groups excluding carboxylic acids is 1. The van der Waals surface area contributed by atoms with Gasteiger partial charge < -0.3 is 5.73 Å². The van der Waals surface area contributed by atoms with E-state index in [1.54, 1.807) is 6.07 Å². The molecule has 1 amide bonds. The summed E-state index contributed by atoms with van der Waals surface area (Å²) in [6.07, 6.45) is 0.786. The number of halogens is 1. The molecular weight excluding hydrogens is 290 g/mol. The van der Waals surface area contributed by atoms with E-state index >= 15 is 0 Å². The maximum Gasteiger partial charge on any atom is 0.248 e. The van der Waals surface area contributed by atoms with E-state index in [-0.39, 0.29) is 5.91 Å². The molecule has 0 fully saturated rings. The smallest absolute Gasteiger partial charge is 0.248 e. The van der Waals surface area contributed by atoms with Crippen molar-refractivity contribution < 1.29 is 4.79 Å². The first kappa shape index (κ1) is 12.8. The zero-order valence-electron chi connectivity index (χ0n) is 10.1. The van der Waals surface area contributed by atoms with Crippen LogP contribution in [-0.2, 0) is 6.42 Å². The highest BCUT2D eigenvalue weighted by molar-refractivity contribution is 9.10. The summed E-state index contributed by atoms with van der Waals surface area (Å²) in [6, 6.07) is 13.8. The number of rotatable bonds is 3. The van der Waals surface area contributed by atoms with E-state index in [0.29, 0.717) is 5.56 Å². The normalized spacial score (nSPS) is 10.3. The molecule has 2 aromatic carbocycles. The highest BCUT2D eigenvalue weighted by Crippen LogP contribution is 2.26. The number of hydrogen-bond donors (Lipinski definition) is 1. The number of nitrogens with two attached hydrogens (primary N) is 1. The number of carbonyl (C=O) groups is 1. The molecule has 0 heterocycles. The number of primary amides is 1. The molecule has 3 heteroatoms. The van der Waals surface area contributed by atoms with Crippen LogP contribution in [0.2, 0.25) is 0 Å². The Morgan fingerprint density at radius 3 is 2.44 bits per heavy atom. The minimum absolute atomic E-state index is 0.380. The van der Waals surface area contributed by atoms with Crippen molar-refractivity contribution in [2.75, 3.05) is 0 Å². The van der Waals surface area contributed by atoms with Gasteiger partial charge in [0.1, 0.15) is 0 Å². The average Bonchev–Trinajstić information content (AvgIpc) is 2.35. The van der Waals surface area contributed by atoms with Gasteiger partial charge in [0.15, 0.2) is 0 Å². The maximum absolute atomic E-state index is 11.3. The van der Waals surface area contributed by atoms with E-state index in [0.717, 1.165) is 22.0 Å². The molecule has 0 aliphatic heterocycles. The van der Waals surface area contributed by atoms with E-state index in [4.69, 9.17) is 5.73 Å². The Hall–Kier alpha value is -1.61. The fraction of sp³-hybridized carbons (Fsp3) is 0.133. The van der Waals surface area contributed by atoms with Gasteiger partial charge in [0.2, 0.25) is 5.91 Å². The van der Waals surface area contributed by atoms with Crippen molar-refractivity contribution in [1.29, 1.82) is 0 Å². The lowest BCUT2D eigenvalue weighted by Crippen LogP contribution is -2.14. The van der Waals surface area contributed by atoms with Gasteiger partial charge in [-0.2, -0.15) is 0 Å². The fourth-order valence-electron chi connectivity index (χ4n) is 2.01. The molecule has 0 saturated carbocycles. The average molecular weight is 304 g/mol. The van der Waals surface area contributed by atoms with Crippen LogP contribution in [-0.4, -0.2) is 5.91 Å². The highest BCUT2D eigenvalue weighted by Gasteiger charge is 2.12. The Morgan fingerprint density at radius 1 is 1.17 bits per heavy atom.